The molecule has 0 unspecified atom stereocenters. The summed E-state index contributed by atoms with van der Waals surface area (Å²) >= 11 is 0. The number of aromatic nitrogens is 1. The number of hydrogen-bond acceptors (Lipinski definition) is 4. The van der Waals surface area contributed by atoms with Crippen molar-refractivity contribution in [2.24, 2.45) is 15.9 Å². The number of nitrogens with zero attached hydrogens (tertiary/aromatic N) is 3. The molecule has 1 aromatic rings. The summed E-state index contributed by atoms with van der Waals surface area (Å²) in [6.07, 6.45) is 4.75. The Hall–Kier alpha value is -1.95. The topological polar surface area (TPSA) is 95.9 Å². The van der Waals surface area contributed by atoms with Crippen LogP contribution in [0.25, 0.3) is 0 Å². The highest BCUT2D eigenvalue weighted by atomic mass is 16.5. The second kappa shape index (κ2) is 4.83. The van der Waals surface area contributed by atoms with E-state index in [1.807, 2.05) is 6.07 Å². The molecule has 0 atom stereocenters. The van der Waals surface area contributed by atoms with Gasteiger partial charge in [-0.15, -0.1) is 5.10 Å². The largest absolute Gasteiger partial charge is 0.367 e. The van der Waals surface area contributed by atoms with Crippen LogP contribution in [-0.2, 0) is 0 Å². The Kier molecular flexibility index (Phi) is 3.40. The van der Waals surface area contributed by atoms with Crippen LogP contribution in [0, 0.1) is 0 Å². The summed E-state index contributed by atoms with van der Waals surface area (Å²) in [5, 5.41) is 15.2. The van der Waals surface area contributed by atoms with E-state index in [-0.39, 0.29) is 5.96 Å². The smallest absolute Gasteiger partial charge is 0.237 e. The number of nitrogens with one attached hydrogen (secondary N) is 1. The van der Waals surface area contributed by atoms with Crippen LogP contribution in [0.2, 0.25) is 0 Å². The van der Waals surface area contributed by atoms with Gasteiger partial charge in [-0.2, -0.15) is 5.10 Å². The number of hydroxylamine groups is 1. The van der Waals surface area contributed by atoms with Gasteiger partial charge in [-0.05, 0) is 6.07 Å². The minimum atomic E-state index is -0.167. The lowest BCUT2D eigenvalue weighted by Gasteiger charge is -1.91. The van der Waals surface area contributed by atoms with Crippen LogP contribution in [0.3, 0.4) is 0 Å². The van der Waals surface area contributed by atoms with E-state index in [9.17, 15) is 0 Å². The molecule has 6 heteroatoms. The molecule has 0 aromatic carbocycles. The first-order valence-corrected chi connectivity index (χ1v) is 3.49. The minimum Gasteiger partial charge on any atom is -0.367 e. The van der Waals surface area contributed by atoms with Crippen LogP contribution in [0.1, 0.15) is 5.56 Å². The van der Waals surface area contributed by atoms with Crippen molar-refractivity contribution >= 4 is 12.2 Å². The molecular weight excluding hydrogens is 170 g/mol. The zero-order chi connectivity index (χ0) is 9.52. The molecule has 0 spiro atoms. The van der Waals surface area contributed by atoms with Gasteiger partial charge >= 0.3 is 0 Å². The van der Waals surface area contributed by atoms with Crippen LogP contribution in [0.5, 0.6) is 0 Å². The third-order valence-corrected chi connectivity index (χ3v) is 1.17. The molecule has 6 nitrogen and oxygen atoms in total. The first kappa shape index (κ1) is 9.14. The summed E-state index contributed by atoms with van der Waals surface area (Å²) in [4.78, 5) is 3.87. The molecule has 0 radical (unpaired) electrons. The molecule has 0 aliphatic carbocycles. The summed E-state index contributed by atoms with van der Waals surface area (Å²) in [6.45, 7) is 0. The molecule has 1 heterocycles. The Bertz CT molecular complexity index is 308. The molecule has 1 rings (SSSR count). The summed E-state index contributed by atoms with van der Waals surface area (Å²) in [7, 11) is 0. The average Bonchev–Trinajstić information content (AvgIpc) is 2.19. The molecule has 4 N–H and O–H groups in total. The van der Waals surface area contributed by atoms with E-state index in [1.54, 1.807) is 23.9 Å². The summed E-state index contributed by atoms with van der Waals surface area (Å²) in [5.74, 6) is -0.167. The van der Waals surface area contributed by atoms with Gasteiger partial charge in [0, 0.05) is 18.0 Å². The van der Waals surface area contributed by atoms with Crippen LogP contribution in [0.15, 0.2) is 34.7 Å². The molecule has 0 amide bonds. The zero-order valence-electron chi connectivity index (χ0n) is 6.75. The second-order valence-electron chi connectivity index (χ2n) is 2.13. The van der Waals surface area contributed by atoms with Crippen LogP contribution in [0.4, 0.5) is 0 Å². The minimum absolute atomic E-state index is 0.167. The molecule has 0 aliphatic heterocycles. The van der Waals surface area contributed by atoms with Crippen molar-refractivity contribution in [3.63, 3.8) is 0 Å². The normalized spacial score (nSPS) is 11.9. The van der Waals surface area contributed by atoms with E-state index in [4.69, 9.17) is 10.9 Å². The van der Waals surface area contributed by atoms with Crippen molar-refractivity contribution in [1.82, 2.24) is 10.5 Å². The van der Waals surface area contributed by atoms with Gasteiger partial charge in [0.15, 0.2) is 0 Å². The zero-order valence-corrected chi connectivity index (χ0v) is 6.75. The van der Waals surface area contributed by atoms with Gasteiger partial charge < -0.3 is 5.73 Å². The number of rotatable bonds is 2. The lowest BCUT2D eigenvalue weighted by atomic mass is 10.3. The maximum atomic E-state index is 8.24. The van der Waals surface area contributed by atoms with Gasteiger partial charge in [0.05, 0.1) is 6.21 Å². The third-order valence-electron chi connectivity index (χ3n) is 1.17. The van der Waals surface area contributed by atoms with E-state index in [1.165, 1.54) is 6.21 Å². The Morgan fingerprint density at radius 1 is 1.69 bits per heavy atom. The highest BCUT2D eigenvalue weighted by molar-refractivity contribution is 5.81. The number of hydrogen-bond donors (Lipinski definition) is 3. The van der Waals surface area contributed by atoms with E-state index in [2.05, 4.69) is 15.2 Å². The summed E-state index contributed by atoms with van der Waals surface area (Å²) in [5.41, 5.74) is 7.55. The quantitative estimate of drug-likeness (QED) is 0.330. The SMILES string of the molecule is NC(=NN=Cc1cccnc1)NO. The Balaban J connectivity index is 2.60. The Labute approximate surface area is 74.8 Å². The molecule has 0 saturated carbocycles. The average molecular weight is 179 g/mol. The van der Waals surface area contributed by atoms with Crippen molar-refractivity contribution in [3.05, 3.63) is 30.1 Å². The van der Waals surface area contributed by atoms with Crippen molar-refractivity contribution in [1.29, 1.82) is 0 Å². The predicted molar refractivity (Wildman–Crippen MR) is 48.4 cm³/mol. The Morgan fingerprint density at radius 3 is 3.15 bits per heavy atom. The molecular formula is C7H9N5O. The van der Waals surface area contributed by atoms with E-state index < -0.39 is 0 Å². The van der Waals surface area contributed by atoms with E-state index in [0.717, 1.165) is 5.56 Å². The number of guanidine groups is 1. The predicted octanol–water partition coefficient (Wildman–Crippen LogP) is -0.291. The maximum absolute atomic E-state index is 8.24. The standard InChI is InChI=1S/C7H9N5O/c8-7(12-13)11-10-5-6-2-1-3-9-4-6/h1-5,13H,(H3,8,11,12). The van der Waals surface area contributed by atoms with Crippen molar-refractivity contribution in [2.45, 2.75) is 0 Å². The number of nitrogens with two attached hydrogens (primary N) is 1. The third kappa shape index (κ3) is 3.30. The monoisotopic (exact) mass is 179 g/mol. The van der Waals surface area contributed by atoms with Gasteiger partial charge in [-0.25, -0.2) is 5.48 Å². The number of pyridine rings is 1. The van der Waals surface area contributed by atoms with Crippen LogP contribution >= 0.6 is 0 Å². The van der Waals surface area contributed by atoms with Gasteiger partial charge in [-0.3, -0.25) is 10.2 Å². The fourth-order valence-electron chi connectivity index (χ4n) is 0.632. The molecule has 68 valence electrons. The van der Waals surface area contributed by atoms with Gasteiger partial charge in [-0.1, -0.05) is 6.07 Å². The Morgan fingerprint density at radius 2 is 2.54 bits per heavy atom. The van der Waals surface area contributed by atoms with Crippen LogP contribution in [-0.4, -0.2) is 22.4 Å². The van der Waals surface area contributed by atoms with Crippen molar-refractivity contribution < 1.29 is 5.21 Å². The van der Waals surface area contributed by atoms with E-state index in [0.29, 0.717) is 0 Å². The lowest BCUT2D eigenvalue weighted by Crippen LogP contribution is -2.27. The van der Waals surface area contributed by atoms with E-state index >= 15 is 0 Å². The molecule has 0 fully saturated rings. The van der Waals surface area contributed by atoms with Gasteiger partial charge in [0.25, 0.3) is 0 Å². The molecule has 0 saturated heterocycles. The first-order chi connectivity index (χ1) is 6.33. The molecule has 1 aromatic heterocycles. The molecule has 0 aliphatic rings. The fourth-order valence-corrected chi connectivity index (χ4v) is 0.632. The highest BCUT2D eigenvalue weighted by Gasteiger charge is 1.84. The fraction of sp³-hybridized carbons (Fsp3) is 0. The second-order valence-corrected chi connectivity index (χ2v) is 2.13. The summed E-state index contributed by atoms with van der Waals surface area (Å²) in [6, 6.07) is 3.59. The van der Waals surface area contributed by atoms with Crippen molar-refractivity contribution in [3.8, 4) is 0 Å². The van der Waals surface area contributed by atoms with Crippen LogP contribution < -0.4 is 11.2 Å². The lowest BCUT2D eigenvalue weighted by molar-refractivity contribution is 0.232. The van der Waals surface area contributed by atoms with Gasteiger partial charge in [0.2, 0.25) is 5.96 Å². The van der Waals surface area contributed by atoms with Crippen molar-refractivity contribution in [2.75, 3.05) is 0 Å². The highest BCUT2D eigenvalue weighted by Crippen LogP contribution is 1.90. The van der Waals surface area contributed by atoms with Gasteiger partial charge in [0.1, 0.15) is 0 Å². The summed E-state index contributed by atoms with van der Waals surface area (Å²) < 4.78 is 0. The first-order valence-electron chi connectivity index (χ1n) is 3.49. The maximum Gasteiger partial charge on any atom is 0.237 e. The molecule has 13 heavy (non-hydrogen) atoms. The molecule has 0 bridgehead atoms.